The molecule has 0 saturated carbocycles. The molecule has 3 rings (SSSR count). The number of nitrogens with zero attached hydrogens (tertiary/aromatic N) is 1. The minimum Gasteiger partial charge on any atom is -0.496 e. The second-order valence-electron chi connectivity index (χ2n) is 3.67. The van der Waals surface area contributed by atoms with Crippen LogP contribution in [0.4, 0.5) is 5.82 Å². The third-order valence-electron chi connectivity index (χ3n) is 2.81. The van der Waals surface area contributed by atoms with Crippen LogP contribution in [0.25, 0.3) is 10.9 Å². The largest absolute Gasteiger partial charge is 0.496 e. The molecule has 1 aromatic carbocycles. The number of fused-ring (bicyclic) bond motifs is 2. The Morgan fingerprint density at radius 1 is 1.33 bits per heavy atom. The number of rotatable bonds is 1. The van der Waals surface area contributed by atoms with Gasteiger partial charge in [0.05, 0.1) is 12.6 Å². The van der Waals surface area contributed by atoms with Gasteiger partial charge in [-0.25, -0.2) is 4.98 Å². The Bertz CT molecular complexity index is 522. The van der Waals surface area contributed by atoms with Crippen LogP contribution in [-0.2, 0) is 6.42 Å². The molecule has 0 fully saturated rings. The second-order valence-corrected chi connectivity index (χ2v) is 3.67. The molecule has 2 heterocycles. The van der Waals surface area contributed by atoms with Crippen LogP contribution in [0.1, 0.15) is 5.56 Å². The first-order chi connectivity index (χ1) is 7.40. The molecule has 1 N–H and O–H groups in total. The standard InChI is InChI=1S/C12H12N2O/c1-15-11-8-4-2-3-5-10(8)14-12-9(11)6-7-13-12/h2-5H,6-7H2,1H3,(H,13,14). The van der Waals surface area contributed by atoms with Gasteiger partial charge in [0, 0.05) is 17.5 Å². The number of nitrogens with one attached hydrogen (secondary N) is 1. The molecule has 3 heteroatoms. The summed E-state index contributed by atoms with van der Waals surface area (Å²) in [5.41, 5.74) is 2.19. The Labute approximate surface area is 88.1 Å². The lowest BCUT2D eigenvalue weighted by molar-refractivity contribution is 0.416. The second kappa shape index (κ2) is 3.12. The Morgan fingerprint density at radius 2 is 2.20 bits per heavy atom. The van der Waals surface area contributed by atoms with Gasteiger partial charge in [0.25, 0.3) is 0 Å². The summed E-state index contributed by atoms with van der Waals surface area (Å²) in [6, 6.07) is 8.08. The summed E-state index contributed by atoms with van der Waals surface area (Å²) in [5, 5.41) is 4.38. The zero-order valence-corrected chi connectivity index (χ0v) is 8.58. The minimum atomic E-state index is 0.953. The highest BCUT2D eigenvalue weighted by Gasteiger charge is 2.19. The van der Waals surface area contributed by atoms with Crippen LogP contribution < -0.4 is 10.1 Å². The Kier molecular flexibility index (Phi) is 1.78. The molecule has 0 atom stereocenters. The van der Waals surface area contributed by atoms with Crippen molar-refractivity contribution in [1.29, 1.82) is 0 Å². The fourth-order valence-corrected chi connectivity index (χ4v) is 2.14. The molecule has 0 unspecified atom stereocenters. The van der Waals surface area contributed by atoms with Crippen LogP contribution in [0.5, 0.6) is 5.75 Å². The number of aromatic nitrogens is 1. The summed E-state index contributed by atoms with van der Waals surface area (Å²) < 4.78 is 5.49. The Morgan fingerprint density at radius 3 is 3.07 bits per heavy atom. The van der Waals surface area contributed by atoms with Crippen molar-refractivity contribution in [3.05, 3.63) is 29.8 Å². The number of hydrogen-bond donors (Lipinski definition) is 1. The molecule has 0 saturated heterocycles. The van der Waals surface area contributed by atoms with Gasteiger partial charge in [-0.15, -0.1) is 0 Å². The summed E-state index contributed by atoms with van der Waals surface area (Å²) in [7, 11) is 1.72. The van der Waals surface area contributed by atoms with Gasteiger partial charge >= 0.3 is 0 Å². The van der Waals surface area contributed by atoms with Crippen molar-refractivity contribution in [3.63, 3.8) is 0 Å². The number of para-hydroxylation sites is 1. The predicted molar refractivity (Wildman–Crippen MR) is 60.5 cm³/mol. The molecule has 2 aromatic rings. The van der Waals surface area contributed by atoms with Crippen molar-refractivity contribution in [3.8, 4) is 5.75 Å². The number of anilines is 1. The molecule has 0 amide bonds. The topological polar surface area (TPSA) is 34.1 Å². The van der Waals surface area contributed by atoms with Crippen LogP contribution in [0, 0.1) is 0 Å². The lowest BCUT2D eigenvalue weighted by atomic mass is 10.1. The van der Waals surface area contributed by atoms with E-state index in [-0.39, 0.29) is 0 Å². The summed E-state index contributed by atoms with van der Waals surface area (Å²) in [5.74, 6) is 1.95. The number of benzene rings is 1. The highest BCUT2D eigenvalue weighted by atomic mass is 16.5. The van der Waals surface area contributed by atoms with Gasteiger partial charge in [-0.3, -0.25) is 0 Å². The first kappa shape index (κ1) is 8.53. The van der Waals surface area contributed by atoms with Gasteiger partial charge in [-0.2, -0.15) is 0 Å². The Balaban J connectivity index is 2.41. The SMILES string of the molecule is COc1c2c(nc3ccccc13)NCC2. The van der Waals surface area contributed by atoms with Crippen molar-refractivity contribution in [2.45, 2.75) is 6.42 Å². The predicted octanol–water partition coefficient (Wildman–Crippen LogP) is 2.21. The molecular weight excluding hydrogens is 188 g/mol. The third kappa shape index (κ3) is 1.16. The van der Waals surface area contributed by atoms with Crippen LogP contribution in [0.15, 0.2) is 24.3 Å². The molecule has 1 aromatic heterocycles. The first-order valence-electron chi connectivity index (χ1n) is 5.09. The molecule has 0 radical (unpaired) electrons. The van der Waals surface area contributed by atoms with Crippen LogP contribution in [0.3, 0.4) is 0 Å². The van der Waals surface area contributed by atoms with Gasteiger partial charge < -0.3 is 10.1 Å². The molecule has 15 heavy (non-hydrogen) atoms. The number of pyridine rings is 1. The van der Waals surface area contributed by atoms with E-state index in [0.717, 1.165) is 35.4 Å². The summed E-state index contributed by atoms with van der Waals surface area (Å²) >= 11 is 0. The number of hydrogen-bond acceptors (Lipinski definition) is 3. The van der Waals surface area contributed by atoms with E-state index in [9.17, 15) is 0 Å². The van der Waals surface area contributed by atoms with Gasteiger partial charge in [-0.05, 0) is 18.6 Å². The van der Waals surface area contributed by atoms with E-state index in [1.54, 1.807) is 7.11 Å². The molecule has 1 aliphatic rings. The maximum absolute atomic E-state index is 5.49. The lowest BCUT2D eigenvalue weighted by Crippen LogP contribution is -1.95. The van der Waals surface area contributed by atoms with E-state index in [2.05, 4.69) is 16.4 Å². The number of methoxy groups -OCH3 is 1. The van der Waals surface area contributed by atoms with Crippen molar-refractivity contribution in [1.82, 2.24) is 4.98 Å². The average Bonchev–Trinajstić information content (AvgIpc) is 2.73. The van der Waals surface area contributed by atoms with Gasteiger partial charge in [0.1, 0.15) is 11.6 Å². The normalized spacial score (nSPS) is 13.7. The fourth-order valence-electron chi connectivity index (χ4n) is 2.14. The van der Waals surface area contributed by atoms with E-state index in [4.69, 9.17) is 4.74 Å². The van der Waals surface area contributed by atoms with Crippen molar-refractivity contribution in [2.75, 3.05) is 19.0 Å². The number of ether oxygens (including phenoxy) is 1. The van der Waals surface area contributed by atoms with Crippen LogP contribution in [-0.4, -0.2) is 18.6 Å². The van der Waals surface area contributed by atoms with Crippen molar-refractivity contribution in [2.24, 2.45) is 0 Å². The minimum absolute atomic E-state index is 0.953. The molecule has 0 aliphatic carbocycles. The smallest absolute Gasteiger partial charge is 0.135 e. The maximum atomic E-state index is 5.49. The van der Waals surface area contributed by atoms with E-state index in [1.807, 2.05) is 18.2 Å². The lowest BCUT2D eigenvalue weighted by Gasteiger charge is -2.09. The van der Waals surface area contributed by atoms with Crippen LogP contribution >= 0.6 is 0 Å². The van der Waals surface area contributed by atoms with E-state index >= 15 is 0 Å². The molecule has 76 valence electrons. The van der Waals surface area contributed by atoms with Gasteiger partial charge in [-0.1, -0.05) is 12.1 Å². The highest BCUT2D eigenvalue weighted by Crippen LogP contribution is 2.35. The monoisotopic (exact) mass is 200 g/mol. The zero-order chi connectivity index (χ0) is 10.3. The third-order valence-corrected chi connectivity index (χ3v) is 2.81. The van der Waals surface area contributed by atoms with E-state index in [1.165, 1.54) is 5.56 Å². The molecule has 3 nitrogen and oxygen atoms in total. The van der Waals surface area contributed by atoms with E-state index in [0.29, 0.717) is 0 Å². The maximum Gasteiger partial charge on any atom is 0.135 e. The quantitative estimate of drug-likeness (QED) is 0.766. The fraction of sp³-hybridized carbons (Fsp3) is 0.250. The molecule has 1 aliphatic heterocycles. The first-order valence-corrected chi connectivity index (χ1v) is 5.09. The van der Waals surface area contributed by atoms with E-state index < -0.39 is 0 Å². The molecule has 0 bridgehead atoms. The van der Waals surface area contributed by atoms with Crippen molar-refractivity contribution >= 4 is 16.7 Å². The Hall–Kier alpha value is -1.77. The van der Waals surface area contributed by atoms with Crippen molar-refractivity contribution < 1.29 is 4.74 Å². The van der Waals surface area contributed by atoms with Gasteiger partial charge in [0.15, 0.2) is 0 Å². The highest BCUT2D eigenvalue weighted by molar-refractivity contribution is 5.89. The average molecular weight is 200 g/mol. The molecular formula is C12H12N2O. The zero-order valence-electron chi connectivity index (χ0n) is 8.58. The van der Waals surface area contributed by atoms with Gasteiger partial charge in [0.2, 0.25) is 0 Å². The molecule has 0 spiro atoms. The summed E-state index contributed by atoms with van der Waals surface area (Å²) in [6.45, 7) is 0.953. The van der Waals surface area contributed by atoms with Crippen LogP contribution in [0.2, 0.25) is 0 Å². The summed E-state index contributed by atoms with van der Waals surface area (Å²) in [6.07, 6.45) is 0.996. The summed E-state index contributed by atoms with van der Waals surface area (Å²) in [4.78, 5) is 4.57.